The molecule has 0 radical (unpaired) electrons. The molecule has 3 aromatic heterocycles. The summed E-state index contributed by atoms with van der Waals surface area (Å²) >= 11 is 0. The van der Waals surface area contributed by atoms with Gasteiger partial charge in [-0.1, -0.05) is 23.8 Å². The SMILES string of the molecule is COCC(CF)OC.Cc1cccc(-c2ccn(-c3cc(N4CCOCC4)c4oc(C=O)cc4n3)n2)c1. The second kappa shape index (κ2) is 12.6. The Labute approximate surface area is 214 Å². The van der Waals surface area contributed by atoms with Crippen LogP contribution in [-0.4, -0.2) is 81.0 Å². The lowest BCUT2D eigenvalue weighted by Crippen LogP contribution is -2.36. The Balaban J connectivity index is 0.000000349. The summed E-state index contributed by atoms with van der Waals surface area (Å²) in [7, 11) is 2.98. The van der Waals surface area contributed by atoms with Crippen molar-refractivity contribution in [3.63, 3.8) is 0 Å². The van der Waals surface area contributed by atoms with Crippen molar-refractivity contribution in [3.05, 3.63) is 60.0 Å². The number of anilines is 1. The van der Waals surface area contributed by atoms with Crippen molar-refractivity contribution in [2.24, 2.45) is 0 Å². The monoisotopic (exact) mass is 510 g/mol. The van der Waals surface area contributed by atoms with Crippen LogP contribution in [0.4, 0.5) is 10.1 Å². The van der Waals surface area contributed by atoms with Crippen LogP contribution in [0.15, 0.2) is 53.1 Å². The second-order valence-corrected chi connectivity index (χ2v) is 8.56. The molecule has 10 heteroatoms. The number of hydrogen-bond acceptors (Lipinski definition) is 8. The van der Waals surface area contributed by atoms with Crippen LogP contribution in [-0.2, 0) is 14.2 Å². The summed E-state index contributed by atoms with van der Waals surface area (Å²) < 4.78 is 33.9. The Hall–Kier alpha value is -3.60. The Kier molecular flexibility index (Phi) is 8.99. The van der Waals surface area contributed by atoms with Crippen LogP contribution >= 0.6 is 0 Å². The van der Waals surface area contributed by atoms with Gasteiger partial charge in [0.2, 0.25) is 0 Å². The predicted molar refractivity (Wildman–Crippen MR) is 138 cm³/mol. The van der Waals surface area contributed by atoms with E-state index in [2.05, 4.69) is 38.4 Å². The number of morpholine rings is 1. The zero-order valence-corrected chi connectivity index (χ0v) is 21.2. The van der Waals surface area contributed by atoms with Crippen molar-refractivity contribution in [1.82, 2.24) is 14.8 Å². The third-order valence-corrected chi connectivity index (χ3v) is 5.93. The highest BCUT2D eigenvalue weighted by Crippen LogP contribution is 2.31. The van der Waals surface area contributed by atoms with E-state index in [0.717, 1.165) is 30.0 Å². The maximum atomic E-state index is 11.6. The Morgan fingerprint density at radius 2 is 1.97 bits per heavy atom. The molecule has 0 saturated carbocycles. The van der Waals surface area contributed by atoms with E-state index in [0.29, 0.717) is 43.0 Å². The molecular weight excluding hydrogens is 479 g/mol. The quantitative estimate of drug-likeness (QED) is 0.325. The Bertz CT molecular complexity index is 1310. The van der Waals surface area contributed by atoms with E-state index in [4.69, 9.17) is 14.3 Å². The maximum absolute atomic E-state index is 11.6. The molecule has 0 aliphatic carbocycles. The molecular formula is C27H31FN4O5. The average Bonchev–Trinajstić information content (AvgIpc) is 3.59. The van der Waals surface area contributed by atoms with Crippen LogP contribution in [0.1, 0.15) is 16.1 Å². The van der Waals surface area contributed by atoms with E-state index in [-0.39, 0.29) is 11.9 Å². The largest absolute Gasteiger partial charge is 0.449 e. The van der Waals surface area contributed by atoms with Gasteiger partial charge in [0.1, 0.15) is 18.3 Å². The fourth-order valence-electron chi connectivity index (χ4n) is 4.00. The fourth-order valence-corrected chi connectivity index (χ4v) is 4.00. The first-order valence-corrected chi connectivity index (χ1v) is 12.0. The number of carbonyl (C=O) groups excluding carboxylic acids is 1. The van der Waals surface area contributed by atoms with Gasteiger partial charge in [0.05, 0.1) is 31.2 Å². The molecule has 1 saturated heterocycles. The van der Waals surface area contributed by atoms with E-state index in [1.54, 1.807) is 10.7 Å². The summed E-state index contributed by atoms with van der Waals surface area (Å²) in [4.78, 5) is 18.1. The molecule has 0 N–H and O–H groups in total. The lowest BCUT2D eigenvalue weighted by molar-refractivity contribution is 0.0141. The number of aromatic nitrogens is 3. The zero-order chi connectivity index (χ0) is 26.2. The number of ether oxygens (including phenoxy) is 3. The first-order valence-electron chi connectivity index (χ1n) is 12.0. The number of halogens is 1. The summed E-state index contributed by atoms with van der Waals surface area (Å²) in [6.45, 7) is 4.72. The van der Waals surface area contributed by atoms with Gasteiger partial charge in [-0.25, -0.2) is 14.1 Å². The van der Waals surface area contributed by atoms with E-state index in [1.165, 1.54) is 19.8 Å². The van der Waals surface area contributed by atoms with Gasteiger partial charge in [-0.2, -0.15) is 5.10 Å². The minimum atomic E-state index is -0.482. The lowest BCUT2D eigenvalue weighted by atomic mass is 10.1. The summed E-state index contributed by atoms with van der Waals surface area (Å²) in [6.07, 6.45) is 2.21. The van der Waals surface area contributed by atoms with Crippen molar-refractivity contribution in [3.8, 4) is 17.1 Å². The Morgan fingerprint density at radius 3 is 2.62 bits per heavy atom. The van der Waals surface area contributed by atoms with Crippen LogP contribution in [0.3, 0.4) is 0 Å². The predicted octanol–water partition coefficient (Wildman–Crippen LogP) is 4.26. The van der Waals surface area contributed by atoms with Gasteiger partial charge in [-0.15, -0.1) is 0 Å². The number of methoxy groups -OCH3 is 2. The molecule has 0 bridgehead atoms. The third-order valence-electron chi connectivity index (χ3n) is 5.93. The van der Waals surface area contributed by atoms with Crippen LogP contribution < -0.4 is 4.90 Å². The minimum absolute atomic E-state index is 0.264. The van der Waals surface area contributed by atoms with Crippen LogP contribution in [0, 0.1) is 6.92 Å². The number of hydrogen-bond donors (Lipinski definition) is 0. The third kappa shape index (κ3) is 6.40. The number of aryl methyl sites for hydroxylation is 1. The lowest BCUT2D eigenvalue weighted by Gasteiger charge is -2.28. The molecule has 4 aromatic rings. The highest BCUT2D eigenvalue weighted by molar-refractivity contribution is 5.91. The van der Waals surface area contributed by atoms with Gasteiger partial charge in [-0.05, 0) is 19.1 Å². The van der Waals surface area contributed by atoms with E-state index >= 15 is 0 Å². The molecule has 1 fully saturated rings. The Morgan fingerprint density at radius 1 is 1.16 bits per heavy atom. The maximum Gasteiger partial charge on any atom is 0.185 e. The molecule has 1 aromatic carbocycles. The first kappa shape index (κ1) is 26.5. The van der Waals surface area contributed by atoms with Gasteiger partial charge in [0, 0.05) is 51.2 Å². The number of nitrogens with zero attached hydrogens (tertiary/aromatic N) is 4. The number of pyridine rings is 1. The number of fused-ring (bicyclic) bond motifs is 1. The number of aldehydes is 1. The standard InChI is InChI=1S/C22H20N4O3.C5H11FO2/c1-15-3-2-4-16(11-15)18-5-6-26(24-18)21-13-20(25-7-9-28-10-8-25)22-19(23-21)12-17(14-27)29-22;1-7-4-5(3-6)8-2/h2-6,11-14H,7-10H2,1H3;5H,3-4H2,1-2H3. The van der Waals surface area contributed by atoms with Gasteiger partial charge in [-0.3, -0.25) is 4.79 Å². The van der Waals surface area contributed by atoms with Crippen molar-refractivity contribution >= 4 is 23.1 Å². The smallest absolute Gasteiger partial charge is 0.185 e. The van der Waals surface area contributed by atoms with Crippen molar-refractivity contribution < 1.29 is 27.8 Å². The highest BCUT2D eigenvalue weighted by atomic mass is 19.1. The topological polar surface area (TPSA) is 91.8 Å². The van der Waals surface area contributed by atoms with Gasteiger partial charge in [0.25, 0.3) is 0 Å². The molecule has 1 unspecified atom stereocenters. The average molecular weight is 511 g/mol. The molecule has 0 amide bonds. The molecule has 196 valence electrons. The number of rotatable bonds is 8. The van der Waals surface area contributed by atoms with E-state index < -0.39 is 6.67 Å². The highest BCUT2D eigenvalue weighted by Gasteiger charge is 2.20. The van der Waals surface area contributed by atoms with Gasteiger partial charge in [0.15, 0.2) is 23.4 Å². The molecule has 1 atom stereocenters. The normalized spacial score (nSPS) is 14.3. The van der Waals surface area contributed by atoms with Gasteiger partial charge < -0.3 is 23.5 Å². The molecule has 9 nitrogen and oxygen atoms in total. The van der Waals surface area contributed by atoms with E-state index in [9.17, 15) is 9.18 Å². The van der Waals surface area contributed by atoms with Crippen LogP contribution in [0.25, 0.3) is 28.2 Å². The van der Waals surface area contributed by atoms with Crippen LogP contribution in [0.2, 0.25) is 0 Å². The number of furan rings is 1. The number of benzene rings is 1. The zero-order valence-electron chi connectivity index (χ0n) is 21.2. The van der Waals surface area contributed by atoms with Gasteiger partial charge >= 0.3 is 0 Å². The van der Waals surface area contributed by atoms with E-state index in [1.807, 2.05) is 30.5 Å². The number of carbonyl (C=O) groups is 1. The van der Waals surface area contributed by atoms with Crippen molar-refractivity contribution in [2.45, 2.75) is 13.0 Å². The summed E-state index contributed by atoms with van der Waals surface area (Å²) in [5.41, 5.74) is 5.27. The molecule has 37 heavy (non-hydrogen) atoms. The van der Waals surface area contributed by atoms with Crippen molar-refractivity contribution in [1.29, 1.82) is 0 Å². The van der Waals surface area contributed by atoms with Crippen LogP contribution in [0.5, 0.6) is 0 Å². The molecule has 4 heterocycles. The second-order valence-electron chi connectivity index (χ2n) is 8.56. The fraction of sp³-hybridized carbons (Fsp3) is 0.370. The molecule has 1 aliphatic rings. The summed E-state index contributed by atoms with van der Waals surface area (Å²) in [5.74, 6) is 0.941. The summed E-state index contributed by atoms with van der Waals surface area (Å²) in [5, 5.41) is 4.72. The molecule has 0 spiro atoms. The number of alkyl halides is 1. The molecule has 1 aliphatic heterocycles. The summed E-state index contributed by atoms with van der Waals surface area (Å²) in [6, 6.07) is 13.8. The first-order chi connectivity index (χ1) is 18.1. The minimum Gasteiger partial charge on any atom is -0.449 e. The molecule has 5 rings (SSSR count). The van der Waals surface area contributed by atoms with Crippen molar-refractivity contribution in [2.75, 3.05) is 58.7 Å².